The zero-order valence-corrected chi connectivity index (χ0v) is 12.7. The minimum Gasteiger partial charge on any atom is -0.332 e. The summed E-state index contributed by atoms with van der Waals surface area (Å²) in [6.45, 7) is 6.46. The number of nitrogens with zero attached hydrogens (tertiary/aromatic N) is 3. The van der Waals surface area contributed by atoms with Crippen LogP contribution in [0.15, 0.2) is 30.3 Å². The number of carbonyl (C=O) groups excluding carboxylic acids is 1. The normalized spacial score (nSPS) is 14.4. The number of benzene rings is 1. The predicted molar refractivity (Wildman–Crippen MR) is 82.2 cm³/mol. The number of amides is 1. The van der Waals surface area contributed by atoms with Gasteiger partial charge < -0.3 is 4.90 Å². The Hall–Kier alpha value is -2.10. The van der Waals surface area contributed by atoms with E-state index in [2.05, 4.69) is 31.1 Å². The van der Waals surface area contributed by atoms with Gasteiger partial charge in [0.25, 0.3) is 5.91 Å². The van der Waals surface area contributed by atoms with Crippen LogP contribution in [0.1, 0.15) is 41.2 Å². The standard InChI is InChI=1S/C17H21N3O/c1-3-14-11-15(20(4-2)18-14)12-19-10-9-13-7-5-6-8-16(13)17(19)21/h5-8,11H,3-4,9-10,12H2,1-2H3. The van der Waals surface area contributed by atoms with E-state index >= 15 is 0 Å². The first-order chi connectivity index (χ1) is 10.2. The Morgan fingerprint density at radius 2 is 2.05 bits per heavy atom. The van der Waals surface area contributed by atoms with Gasteiger partial charge >= 0.3 is 0 Å². The highest BCUT2D eigenvalue weighted by Crippen LogP contribution is 2.20. The van der Waals surface area contributed by atoms with Crippen molar-refractivity contribution in [3.8, 4) is 0 Å². The van der Waals surface area contributed by atoms with Gasteiger partial charge in [0.2, 0.25) is 0 Å². The van der Waals surface area contributed by atoms with Crippen molar-refractivity contribution in [2.45, 2.75) is 39.8 Å². The topological polar surface area (TPSA) is 38.1 Å². The molecule has 0 atom stereocenters. The number of carbonyl (C=O) groups is 1. The minimum absolute atomic E-state index is 0.138. The van der Waals surface area contributed by atoms with Crippen LogP contribution < -0.4 is 0 Å². The average molecular weight is 283 g/mol. The molecule has 0 bridgehead atoms. The molecule has 1 aliphatic rings. The quantitative estimate of drug-likeness (QED) is 0.865. The predicted octanol–water partition coefficient (Wildman–Crippen LogP) is 2.66. The van der Waals surface area contributed by atoms with Crippen LogP contribution >= 0.6 is 0 Å². The van der Waals surface area contributed by atoms with E-state index < -0.39 is 0 Å². The molecule has 2 heterocycles. The number of hydrogen-bond acceptors (Lipinski definition) is 2. The van der Waals surface area contributed by atoms with Crippen LogP contribution in [0, 0.1) is 0 Å². The summed E-state index contributed by atoms with van der Waals surface area (Å²) in [7, 11) is 0. The molecule has 3 rings (SSSR count). The molecule has 1 amide bonds. The van der Waals surface area contributed by atoms with Crippen molar-refractivity contribution in [2.75, 3.05) is 6.54 Å². The fourth-order valence-corrected chi connectivity index (χ4v) is 2.91. The van der Waals surface area contributed by atoms with Crippen molar-refractivity contribution < 1.29 is 4.79 Å². The van der Waals surface area contributed by atoms with Crippen molar-refractivity contribution in [1.29, 1.82) is 0 Å². The maximum absolute atomic E-state index is 12.6. The third-order valence-corrected chi connectivity index (χ3v) is 4.11. The van der Waals surface area contributed by atoms with E-state index in [4.69, 9.17) is 0 Å². The zero-order chi connectivity index (χ0) is 14.8. The van der Waals surface area contributed by atoms with Gasteiger partial charge in [0.05, 0.1) is 17.9 Å². The summed E-state index contributed by atoms with van der Waals surface area (Å²) in [6, 6.07) is 10.0. The second-order valence-electron chi connectivity index (χ2n) is 5.43. The Kier molecular flexibility index (Phi) is 3.78. The fourth-order valence-electron chi connectivity index (χ4n) is 2.91. The average Bonchev–Trinajstić information content (AvgIpc) is 2.92. The first kappa shape index (κ1) is 13.9. The van der Waals surface area contributed by atoms with E-state index in [0.29, 0.717) is 6.54 Å². The Labute approximate surface area is 125 Å². The summed E-state index contributed by atoms with van der Waals surface area (Å²) < 4.78 is 2.01. The zero-order valence-electron chi connectivity index (χ0n) is 12.7. The van der Waals surface area contributed by atoms with Crippen LogP contribution in [0.5, 0.6) is 0 Å². The van der Waals surface area contributed by atoms with Gasteiger partial charge in [-0.2, -0.15) is 5.10 Å². The van der Waals surface area contributed by atoms with E-state index in [9.17, 15) is 4.79 Å². The lowest BCUT2D eigenvalue weighted by atomic mass is 9.99. The first-order valence-corrected chi connectivity index (χ1v) is 7.65. The van der Waals surface area contributed by atoms with Crippen molar-refractivity contribution in [3.63, 3.8) is 0 Å². The number of fused-ring (bicyclic) bond motifs is 1. The van der Waals surface area contributed by atoms with Crippen LogP contribution in [0.2, 0.25) is 0 Å². The summed E-state index contributed by atoms with van der Waals surface area (Å²) in [6.07, 6.45) is 1.86. The second-order valence-corrected chi connectivity index (χ2v) is 5.43. The highest BCUT2D eigenvalue weighted by molar-refractivity contribution is 5.96. The monoisotopic (exact) mass is 283 g/mol. The Bertz CT molecular complexity index is 660. The van der Waals surface area contributed by atoms with E-state index in [0.717, 1.165) is 48.4 Å². The minimum atomic E-state index is 0.138. The summed E-state index contributed by atoms with van der Waals surface area (Å²) in [5, 5.41) is 4.56. The van der Waals surface area contributed by atoms with Gasteiger partial charge in [-0.3, -0.25) is 9.48 Å². The Morgan fingerprint density at radius 1 is 1.24 bits per heavy atom. The number of rotatable bonds is 4. The molecule has 4 nitrogen and oxygen atoms in total. The van der Waals surface area contributed by atoms with Crippen LogP contribution in [-0.4, -0.2) is 27.1 Å². The molecule has 0 N–H and O–H groups in total. The molecule has 2 aromatic rings. The molecule has 110 valence electrons. The molecule has 0 unspecified atom stereocenters. The molecular formula is C17H21N3O. The number of aryl methyl sites for hydroxylation is 2. The van der Waals surface area contributed by atoms with Gasteiger partial charge in [-0.15, -0.1) is 0 Å². The molecule has 0 spiro atoms. The lowest BCUT2D eigenvalue weighted by Gasteiger charge is -2.28. The molecule has 0 fully saturated rings. The molecule has 21 heavy (non-hydrogen) atoms. The van der Waals surface area contributed by atoms with E-state index in [1.807, 2.05) is 27.8 Å². The molecule has 0 saturated heterocycles. The largest absolute Gasteiger partial charge is 0.332 e. The van der Waals surface area contributed by atoms with Gasteiger partial charge in [-0.25, -0.2) is 0 Å². The van der Waals surface area contributed by atoms with Crippen LogP contribution in [-0.2, 0) is 25.9 Å². The Morgan fingerprint density at radius 3 is 2.81 bits per heavy atom. The third-order valence-electron chi connectivity index (χ3n) is 4.11. The summed E-state index contributed by atoms with van der Waals surface area (Å²) in [4.78, 5) is 14.5. The lowest BCUT2D eigenvalue weighted by Crippen LogP contribution is -2.37. The summed E-state index contributed by atoms with van der Waals surface area (Å²) in [5.41, 5.74) is 4.23. The number of aromatic nitrogens is 2. The van der Waals surface area contributed by atoms with Gasteiger partial charge in [0.15, 0.2) is 0 Å². The van der Waals surface area contributed by atoms with Crippen LogP contribution in [0.25, 0.3) is 0 Å². The van der Waals surface area contributed by atoms with Crippen LogP contribution in [0.3, 0.4) is 0 Å². The highest BCUT2D eigenvalue weighted by Gasteiger charge is 2.24. The van der Waals surface area contributed by atoms with Crippen molar-refractivity contribution >= 4 is 5.91 Å². The molecule has 0 radical (unpaired) electrons. The smallest absolute Gasteiger partial charge is 0.254 e. The van der Waals surface area contributed by atoms with E-state index in [1.165, 1.54) is 0 Å². The van der Waals surface area contributed by atoms with Crippen LogP contribution in [0.4, 0.5) is 0 Å². The first-order valence-electron chi connectivity index (χ1n) is 7.65. The van der Waals surface area contributed by atoms with Crippen molar-refractivity contribution in [3.05, 3.63) is 52.8 Å². The van der Waals surface area contributed by atoms with Gasteiger partial charge in [0.1, 0.15) is 0 Å². The van der Waals surface area contributed by atoms with E-state index in [1.54, 1.807) is 0 Å². The summed E-state index contributed by atoms with van der Waals surface area (Å²) in [5.74, 6) is 0.138. The molecule has 4 heteroatoms. The number of hydrogen-bond donors (Lipinski definition) is 0. The van der Waals surface area contributed by atoms with Crippen molar-refractivity contribution in [2.24, 2.45) is 0 Å². The molecule has 0 saturated carbocycles. The van der Waals surface area contributed by atoms with E-state index in [-0.39, 0.29) is 5.91 Å². The molecule has 0 aliphatic carbocycles. The summed E-state index contributed by atoms with van der Waals surface area (Å²) >= 11 is 0. The second kappa shape index (κ2) is 5.72. The fraction of sp³-hybridized carbons (Fsp3) is 0.412. The maximum Gasteiger partial charge on any atom is 0.254 e. The van der Waals surface area contributed by atoms with Gasteiger partial charge in [0, 0.05) is 18.7 Å². The lowest BCUT2D eigenvalue weighted by molar-refractivity contribution is 0.0722. The van der Waals surface area contributed by atoms with Gasteiger partial charge in [-0.1, -0.05) is 25.1 Å². The third kappa shape index (κ3) is 2.58. The molecule has 1 aromatic carbocycles. The molecular weight excluding hydrogens is 262 g/mol. The molecule has 1 aromatic heterocycles. The highest BCUT2D eigenvalue weighted by atomic mass is 16.2. The maximum atomic E-state index is 12.6. The van der Waals surface area contributed by atoms with Crippen molar-refractivity contribution in [1.82, 2.24) is 14.7 Å². The van der Waals surface area contributed by atoms with Gasteiger partial charge in [-0.05, 0) is 37.5 Å². The Balaban J connectivity index is 1.83. The molecule has 1 aliphatic heterocycles. The SMILES string of the molecule is CCc1cc(CN2CCc3ccccc3C2=O)n(CC)n1.